The molecule has 0 unspecified atom stereocenters. The first-order valence-electron chi connectivity index (χ1n) is 6.74. The minimum Gasteiger partial charge on any atom is -0.494 e. The summed E-state index contributed by atoms with van der Waals surface area (Å²) in [5.41, 5.74) is 1.88. The van der Waals surface area contributed by atoms with Crippen LogP contribution in [-0.4, -0.2) is 23.6 Å². The van der Waals surface area contributed by atoms with Crippen LogP contribution >= 0.6 is 0 Å². The molecule has 0 spiro atoms. The van der Waals surface area contributed by atoms with E-state index in [-0.39, 0.29) is 0 Å². The molecule has 0 amide bonds. The molecule has 0 bridgehead atoms. The summed E-state index contributed by atoms with van der Waals surface area (Å²) < 4.78 is 5.55. The Kier molecular flexibility index (Phi) is 4.76. The number of aryl methyl sites for hydroxylation is 1. The van der Waals surface area contributed by atoms with Crippen LogP contribution < -0.4 is 15.4 Å². The first kappa shape index (κ1) is 14.1. The van der Waals surface area contributed by atoms with Gasteiger partial charge in [-0.2, -0.15) is 4.98 Å². The molecular weight excluding hydrogens is 252 g/mol. The molecule has 20 heavy (non-hydrogen) atoms. The second-order valence-corrected chi connectivity index (χ2v) is 4.47. The lowest BCUT2D eigenvalue weighted by atomic mass is 10.3. The molecule has 106 valence electrons. The van der Waals surface area contributed by atoms with Crippen molar-refractivity contribution in [3.8, 4) is 5.75 Å². The van der Waals surface area contributed by atoms with E-state index in [1.165, 1.54) is 0 Å². The van der Waals surface area contributed by atoms with Crippen LogP contribution in [0.3, 0.4) is 0 Å². The van der Waals surface area contributed by atoms with Crippen LogP contribution in [0, 0.1) is 6.92 Å². The van der Waals surface area contributed by atoms with Gasteiger partial charge in [0.2, 0.25) is 5.95 Å². The van der Waals surface area contributed by atoms with Crippen molar-refractivity contribution in [2.75, 3.05) is 24.3 Å². The van der Waals surface area contributed by atoms with E-state index in [9.17, 15) is 0 Å². The summed E-state index contributed by atoms with van der Waals surface area (Å²) in [6.45, 7) is 4.77. The highest BCUT2D eigenvalue weighted by Gasteiger charge is 2.01. The van der Waals surface area contributed by atoms with Crippen LogP contribution in [0.15, 0.2) is 30.3 Å². The maximum Gasteiger partial charge on any atom is 0.224 e. The van der Waals surface area contributed by atoms with Gasteiger partial charge in [-0.25, -0.2) is 4.98 Å². The molecule has 5 heteroatoms. The SMILES string of the molecule is CCCOc1ccc(Nc2cc(C)nc(NC)n2)cc1. The lowest BCUT2D eigenvalue weighted by Crippen LogP contribution is -2.02. The predicted octanol–water partition coefficient (Wildman–Crippen LogP) is 3.36. The van der Waals surface area contributed by atoms with Crippen molar-refractivity contribution in [1.82, 2.24) is 9.97 Å². The number of benzene rings is 1. The van der Waals surface area contributed by atoms with Gasteiger partial charge in [0, 0.05) is 24.5 Å². The smallest absolute Gasteiger partial charge is 0.224 e. The highest BCUT2D eigenvalue weighted by molar-refractivity contribution is 5.58. The van der Waals surface area contributed by atoms with Gasteiger partial charge in [-0.1, -0.05) is 6.92 Å². The Morgan fingerprint density at radius 2 is 1.90 bits per heavy atom. The molecule has 1 aromatic carbocycles. The van der Waals surface area contributed by atoms with Gasteiger partial charge in [-0.15, -0.1) is 0 Å². The van der Waals surface area contributed by atoms with E-state index in [1.807, 2.05) is 37.3 Å². The van der Waals surface area contributed by atoms with Crippen molar-refractivity contribution in [1.29, 1.82) is 0 Å². The van der Waals surface area contributed by atoms with Crippen LogP contribution in [0.4, 0.5) is 17.5 Å². The Balaban J connectivity index is 2.07. The molecule has 0 aliphatic heterocycles. The maximum atomic E-state index is 5.55. The van der Waals surface area contributed by atoms with E-state index in [1.54, 1.807) is 7.05 Å². The van der Waals surface area contributed by atoms with Crippen molar-refractivity contribution in [2.24, 2.45) is 0 Å². The van der Waals surface area contributed by atoms with E-state index in [2.05, 4.69) is 27.5 Å². The summed E-state index contributed by atoms with van der Waals surface area (Å²) >= 11 is 0. The summed E-state index contributed by atoms with van der Waals surface area (Å²) in [5, 5.41) is 6.20. The molecule has 2 N–H and O–H groups in total. The molecule has 0 aliphatic carbocycles. The fourth-order valence-corrected chi connectivity index (χ4v) is 1.75. The Morgan fingerprint density at radius 1 is 1.15 bits per heavy atom. The van der Waals surface area contributed by atoms with Crippen molar-refractivity contribution in [3.05, 3.63) is 36.0 Å². The topological polar surface area (TPSA) is 59.1 Å². The van der Waals surface area contributed by atoms with Gasteiger partial charge < -0.3 is 15.4 Å². The average Bonchev–Trinajstić information content (AvgIpc) is 2.46. The molecular formula is C15H20N4O. The molecule has 0 saturated heterocycles. The van der Waals surface area contributed by atoms with Gasteiger partial charge in [0.15, 0.2) is 0 Å². The van der Waals surface area contributed by atoms with Gasteiger partial charge in [-0.05, 0) is 37.6 Å². The van der Waals surface area contributed by atoms with Crippen LogP contribution in [-0.2, 0) is 0 Å². The maximum absolute atomic E-state index is 5.55. The quantitative estimate of drug-likeness (QED) is 0.844. The molecule has 0 aliphatic rings. The molecule has 1 heterocycles. The number of nitrogens with one attached hydrogen (secondary N) is 2. The minimum atomic E-state index is 0.607. The number of nitrogens with zero attached hydrogens (tertiary/aromatic N) is 2. The van der Waals surface area contributed by atoms with Gasteiger partial charge in [0.1, 0.15) is 11.6 Å². The summed E-state index contributed by atoms with van der Waals surface area (Å²) in [5.74, 6) is 2.26. The van der Waals surface area contributed by atoms with Gasteiger partial charge in [-0.3, -0.25) is 0 Å². The molecule has 2 rings (SSSR count). The van der Waals surface area contributed by atoms with E-state index in [0.29, 0.717) is 5.95 Å². The first-order chi connectivity index (χ1) is 9.71. The lowest BCUT2D eigenvalue weighted by Gasteiger charge is -2.09. The third-order valence-electron chi connectivity index (χ3n) is 2.68. The molecule has 0 saturated carbocycles. The highest BCUT2D eigenvalue weighted by Crippen LogP contribution is 2.20. The van der Waals surface area contributed by atoms with E-state index < -0.39 is 0 Å². The Morgan fingerprint density at radius 3 is 2.55 bits per heavy atom. The standard InChI is InChI=1S/C15H20N4O/c1-4-9-20-13-7-5-12(6-8-13)18-14-10-11(2)17-15(16-3)19-14/h5-8,10H,4,9H2,1-3H3,(H2,16,17,18,19). The summed E-state index contributed by atoms with van der Waals surface area (Å²) in [4.78, 5) is 8.61. The van der Waals surface area contributed by atoms with E-state index in [4.69, 9.17) is 4.74 Å². The number of hydrogen-bond acceptors (Lipinski definition) is 5. The van der Waals surface area contributed by atoms with Gasteiger partial charge in [0.05, 0.1) is 6.61 Å². The van der Waals surface area contributed by atoms with Crippen LogP contribution in [0.1, 0.15) is 19.0 Å². The minimum absolute atomic E-state index is 0.607. The normalized spacial score (nSPS) is 10.2. The molecule has 0 atom stereocenters. The molecule has 1 aromatic heterocycles. The number of aromatic nitrogens is 2. The second-order valence-electron chi connectivity index (χ2n) is 4.47. The van der Waals surface area contributed by atoms with Crippen molar-refractivity contribution < 1.29 is 4.74 Å². The second kappa shape index (κ2) is 6.75. The third kappa shape index (κ3) is 3.85. The molecule has 2 aromatic rings. The zero-order valence-corrected chi connectivity index (χ0v) is 12.1. The number of rotatable bonds is 6. The Hall–Kier alpha value is -2.30. The van der Waals surface area contributed by atoms with Gasteiger partial charge in [0.25, 0.3) is 0 Å². The monoisotopic (exact) mass is 272 g/mol. The highest BCUT2D eigenvalue weighted by atomic mass is 16.5. The zero-order valence-electron chi connectivity index (χ0n) is 12.1. The van der Waals surface area contributed by atoms with Crippen molar-refractivity contribution in [3.63, 3.8) is 0 Å². The number of anilines is 3. The fourth-order valence-electron chi connectivity index (χ4n) is 1.75. The summed E-state index contributed by atoms with van der Waals surface area (Å²) in [6, 6.07) is 9.75. The number of hydrogen-bond donors (Lipinski definition) is 2. The van der Waals surface area contributed by atoms with E-state index >= 15 is 0 Å². The van der Waals surface area contributed by atoms with Gasteiger partial charge >= 0.3 is 0 Å². The first-order valence-corrected chi connectivity index (χ1v) is 6.74. The fraction of sp³-hybridized carbons (Fsp3) is 0.333. The summed E-state index contributed by atoms with van der Waals surface area (Å²) in [7, 11) is 1.80. The number of ether oxygens (including phenoxy) is 1. The Bertz CT molecular complexity index is 554. The van der Waals surface area contributed by atoms with Crippen LogP contribution in [0.5, 0.6) is 5.75 Å². The Labute approximate surface area is 119 Å². The predicted molar refractivity (Wildman–Crippen MR) is 81.8 cm³/mol. The average molecular weight is 272 g/mol. The van der Waals surface area contributed by atoms with E-state index in [0.717, 1.165) is 36.0 Å². The van der Waals surface area contributed by atoms with Crippen molar-refractivity contribution in [2.45, 2.75) is 20.3 Å². The zero-order chi connectivity index (χ0) is 14.4. The van der Waals surface area contributed by atoms with Crippen LogP contribution in [0.2, 0.25) is 0 Å². The molecule has 5 nitrogen and oxygen atoms in total. The van der Waals surface area contributed by atoms with Crippen LogP contribution in [0.25, 0.3) is 0 Å². The third-order valence-corrected chi connectivity index (χ3v) is 2.68. The molecule has 0 fully saturated rings. The largest absolute Gasteiger partial charge is 0.494 e. The summed E-state index contributed by atoms with van der Waals surface area (Å²) in [6.07, 6.45) is 1.01. The molecule has 0 radical (unpaired) electrons. The lowest BCUT2D eigenvalue weighted by molar-refractivity contribution is 0.317. The van der Waals surface area contributed by atoms with Crippen molar-refractivity contribution >= 4 is 17.5 Å².